The number of pyridine rings is 1. The molecule has 0 amide bonds. The maximum absolute atomic E-state index is 13.4. The second kappa shape index (κ2) is 6.59. The van der Waals surface area contributed by atoms with Gasteiger partial charge in [0.05, 0.1) is 22.2 Å². The van der Waals surface area contributed by atoms with Gasteiger partial charge in [-0.1, -0.05) is 42.5 Å². The molecular formula is C23H14F3N3O. The predicted octanol–water partition coefficient (Wildman–Crippen LogP) is 5.76. The summed E-state index contributed by atoms with van der Waals surface area (Å²) in [6.45, 7) is 0. The normalized spacial score (nSPS) is 12.0. The Bertz CT molecular complexity index is 1430. The van der Waals surface area contributed by atoms with Gasteiger partial charge >= 0.3 is 6.18 Å². The number of hydrogen-bond donors (Lipinski definition) is 2. The van der Waals surface area contributed by atoms with E-state index in [1.807, 2.05) is 24.3 Å². The molecule has 0 aliphatic rings. The maximum Gasteiger partial charge on any atom is 0.417 e. The second-order valence-corrected chi connectivity index (χ2v) is 6.96. The smallest absolute Gasteiger partial charge is 0.338 e. The molecule has 0 aliphatic heterocycles. The zero-order chi connectivity index (χ0) is 20.9. The molecular weight excluding hydrogens is 391 g/mol. The van der Waals surface area contributed by atoms with Crippen LogP contribution in [0, 0.1) is 0 Å². The number of rotatable bonds is 2. The molecule has 5 rings (SSSR count). The van der Waals surface area contributed by atoms with Crippen molar-refractivity contribution in [2.45, 2.75) is 6.18 Å². The van der Waals surface area contributed by atoms with Crippen molar-refractivity contribution in [2.75, 3.05) is 0 Å². The van der Waals surface area contributed by atoms with Crippen LogP contribution in [0.15, 0.2) is 77.6 Å². The lowest BCUT2D eigenvalue weighted by Crippen LogP contribution is -2.10. The van der Waals surface area contributed by atoms with Crippen LogP contribution in [0.1, 0.15) is 5.56 Å². The summed E-state index contributed by atoms with van der Waals surface area (Å²) in [6, 6.07) is 19.4. The van der Waals surface area contributed by atoms with Gasteiger partial charge in [-0.05, 0) is 46.8 Å². The number of benzene rings is 3. The van der Waals surface area contributed by atoms with E-state index >= 15 is 0 Å². The van der Waals surface area contributed by atoms with Crippen LogP contribution in [0.5, 0.6) is 0 Å². The first-order valence-corrected chi connectivity index (χ1v) is 9.19. The summed E-state index contributed by atoms with van der Waals surface area (Å²) in [6.07, 6.45) is -4.47. The predicted molar refractivity (Wildman–Crippen MR) is 110 cm³/mol. The standard InChI is InChI=1S/C23H14F3N3O/c24-23(25,26)17-6-2-1-5-15(17)13-9-10-14-11-16(22(30)29-20(14)12-13)21-27-18-7-3-4-8-19(18)28-21/h1-12H,(H,27,28)(H,29,30). The minimum atomic E-state index is -4.47. The lowest BCUT2D eigenvalue weighted by atomic mass is 9.98. The fraction of sp³-hybridized carbons (Fsp3) is 0.0435. The average Bonchev–Trinajstić information content (AvgIpc) is 3.16. The van der Waals surface area contributed by atoms with Gasteiger partial charge in [0.15, 0.2) is 0 Å². The Labute approximate surface area is 168 Å². The van der Waals surface area contributed by atoms with E-state index in [-0.39, 0.29) is 11.1 Å². The molecule has 7 heteroatoms. The summed E-state index contributed by atoms with van der Waals surface area (Å²) in [5.41, 5.74) is 1.72. The summed E-state index contributed by atoms with van der Waals surface area (Å²) in [5.74, 6) is 0.436. The molecule has 4 nitrogen and oxygen atoms in total. The molecule has 3 aromatic carbocycles. The van der Waals surface area contributed by atoms with Crippen LogP contribution >= 0.6 is 0 Å². The molecule has 0 aliphatic carbocycles. The molecule has 0 saturated heterocycles. The minimum absolute atomic E-state index is 0.0640. The number of nitrogens with one attached hydrogen (secondary N) is 2. The van der Waals surface area contributed by atoms with Crippen LogP contribution in [0.2, 0.25) is 0 Å². The first kappa shape index (κ1) is 18.2. The first-order valence-electron chi connectivity index (χ1n) is 9.19. The SMILES string of the molecule is O=c1[nH]c2cc(-c3ccccc3C(F)(F)F)ccc2cc1-c1nc2ccccc2[nH]1. The monoisotopic (exact) mass is 405 g/mol. The van der Waals surface area contributed by atoms with Gasteiger partial charge in [-0.2, -0.15) is 13.2 Å². The minimum Gasteiger partial charge on any atom is -0.338 e. The number of alkyl halides is 3. The summed E-state index contributed by atoms with van der Waals surface area (Å²) in [7, 11) is 0. The Balaban J connectivity index is 1.64. The number of fused-ring (bicyclic) bond motifs is 2. The molecule has 0 bridgehead atoms. The zero-order valence-corrected chi connectivity index (χ0v) is 15.4. The van der Waals surface area contributed by atoms with Gasteiger partial charge in [0.2, 0.25) is 0 Å². The lowest BCUT2D eigenvalue weighted by molar-refractivity contribution is -0.137. The third-order valence-electron chi connectivity index (χ3n) is 5.03. The van der Waals surface area contributed by atoms with Gasteiger partial charge in [0.1, 0.15) is 5.82 Å². The van der Waals surface area contributed by atoms with Crippen molar-refractivity contribution in [3.63, 3.8) is 0 Å². The van der Waals surface area contributed by atoms with Crippen molar-refractivity contribution < 1.29 is 13.2 Å². The summed E-state index contributed by atoms with van der Waals surface area (Å²) in [5, 5.41) is 0.693. The van der Waals surface area contributed by atoms with Crippen molar-refractivity contribution in [3.8, 4) is 22.5 Å². The fourth-order valence-electron chi connectivity index (χ4n) is 3.61. The molecule has 0 atom stereocenters. The number of para-hydroxylation sites is 2. The zero-order valence-electron chi connectivity index (χ0n) is 15.4. The summed E-state index contributed by atoms with van der Waals surface area (Å²) < 4.78 is 40.1. The second-order valence-electron chi connectivity index (χ2n) is 6.96. The van der Waals surface area contributed by atoms with Gasteiger partial charge in [-0.25, -0.2) is 4.98 Å². The van der Waals surface area contributed by atoms with Crippen molar-refractivity contribution in [1.29, 1.82) is 0 Å². The van der Waals surface area contributed by atoms with E-state index in [1.54, 1.807) is 30.3 Å². The molecule has 30 heavy (non-hydrogen) atoms. The highest BCUT2D eigenvalue weighted by molar-refractivity contribution is 5.88. The molecule has 148 valence electrons. The number of H-pyrrole nitrogens is 2. The third-order valence-corrected chi connectivity index (χ3v) is 5.03. The van der Waals surface area contributed by atoms with Gasteiger partial charge in [0, 0.05) is 5.52 Å². The Morgan fingerprint density at radius 3 is 2.33 bits per heavy atom. The topological polar surface area (TPSA) is 61.5 Å². The quantitative estimate of drug-likeness (QED) is 0.392. The third kappa shape index (κ3) is 3.04. The van der Waals surface area contributed by atoms with Gasteiger partial charge < -0.3 is 9.97 Å². The Hall–Kier alpha value is -3.87. The van der Waals surface area contributed by atoms with Crippen LogP contribution < -0.4 is 5.56 Å². The molecule has 2 heterocycles. The van der Waals surface area contributed by atoms with E-state index in [2.05, 4.69) is 15.0 Å². The van der Waals surface area contributed by atoms with Crippen molar-refractivity contribution in [2.24, 2.45) is 0 Å². The summed E-state index contributed by atoms with van der Waals surface area (Å²) >= 11 is 0. The highest BCUT2D eigenvalue weighted by Crippen LogP contribution is 2.37. The van der Waals surface area contributed by atoms with Gasteiger partial charge in [0.25, 0.3) is 5.56 Å². The highest BCUT2D eigenvalue weighted by Gasteiger charge is 2.33. The van der Waals surface area contributed by atoms with Crippen LogP contribution in [-0.4, -0.2) is 15.0 Å². The van der Waals surface area contributed by atoms with Crippen molar-refractivity contribution in [1.82, 2.24) is 15.0 Å². The van der Waals surface area contributed by atoms with E-state index in [0.717, 1.165) is 17.1 Å². The summed E-state index contributed by atoms with van der Waals surface area (Å²) in [4.78, 5) is 23.0. The number of halogens is 3. The number of nitrogens with zero attached hydrogens (tertiary/aromatic N) is 1. The highest BCUT2D eigenvalue weighted by atomic mass is 19.4. The van der Waals surface area contributed by atoms with E-state index in [0.29, 0.717) is 27.9 Å². The van der Waals surface area contributed by atoms with Crippen LogP contribution in [0.25, 0.3) is 44.5 Å². The molecule has 0 radical (unpaired) electrons. The van der Waals surface area contributed by atoms with E-state index < -0.39 is 11.7 Å². The Morgan fingerprint density at radius 2 is 1.53 bits per heavy atom. The van der Waals surface area contributed by atoms with Crippen molar-refractivity contribution >= 4 is 21.9 Å². The molecule has 2 N–H and O–H groups in total. The molecule has 2 aromatic heterocycles. The maximum atomic E-state index is 13.4. The average molecular weight is 405 g/mol. The van der Waals surface area contributed by atoms with E-state index in [9.17, 15) is 18.0 Å². The van der Waals surface area contributed by atoms with Gasteiger partial charge in [-0.3, -0.25) is 4.79 Å². The van der Waals surface area contributed by atoms with Crippen LogP contribution in [-0.2, 0) is 6.18 Å². The largest absolute Gasteiger partial charge is 0.417 e. The molecule has 5 aromatic rings. The van der Waals surface area contributed by atoms with Crippen LogP contribution in [0.3, 0.4) is 0 Å². The van der Waals surface area contributed by atoms with Crippen molar-refractivity contribution in [3.05, 3.63) is 88.7 Å². The molecule has 0 saturated carbocycles. The van der Waals surface area contributed by atoms with Gasteiger partial charge in [-0.15, -0.1) is 0 Å². The Morgan fingerprint density at radius 1 is 0.767 bits per heavy atom. The number of aromatic amines is 2. The fourth-order valence-corrected chi connectivity index (χ4v) is 3.61. The number of imidazole rings is 1. The molecule has 0 fully saturated rings. The number of hydrogen-bond acceptors (Lipinski definition) is 2. The molecule has 0 unspecified atom stereocenters. The Kier molecular flexibility index (Phi) is 3.99. The van der Waals surface area contributed by atoms with E-state index in [4.69, 9.17) is 0 Å². The first-order chi connectivity index (χ1) is 14.4. The van der Waals surface area contributed by atoms with Crippen LogP contribution in [0.4, 0.5) is 13.2 Å². The molecule has 0 spiro atoms. The number of aromatic nitrogens is 3. The van der Waals surface area contributed by atoms with E-state index in [1.165, 1.54) is 12.1 Å². The lowest BCUT2D eigenvalue weighted by Gasteiger charge is -2.13.